The van der Waals surface area contributed by atoms with Gasteiger partial charge >= 0.3 is 5.97 Å². The van der Waals surface area contributed by atoms with E-state index in [9.17, 15) is 14.4 Å². The summed E-state index contributed by atoms with van der Waals surface area (Å²) in [6.07, 6.45) is 1.59. The Morgan fingerprint density at radius 3 is 2.78 bits per heavy atom. The Morgan fingerprint density at radius 1 is 1.30 bits per heavy atom. The van der Waals surface area contributed by atoms with Crippen LogP contribution in [0.1, 0.15) is 37.3 Å². The van der Waals surface area contributed by atoms with E-state index in [1.54, 1.807) is 0 Å². The Hall–Kier alpha value is -2.57. The first-order valence-corrected chi connectivity index (χ1v) is 9.46. The van der Waals surface area contributed by atoms with Gasteiger partial charge in [-0.2, -0.15) is 0 Å². The van der Waals surface area contributed by atoms with Crippen LogP contribution in [0.3, 0.4) is 0 Å². The summed E-state index contributed by atoms with van der Waals surface area (Å²) in [5.74, 6) is -0.979. The molecule has 0 aromatic heterocycles. The van der Waals surface area contributed by atoms with E-state index < -0.39 is 12.0 Å². The molecule has 1 aliphatic heterocycles. The Morgan fingerprint density at radius 2 is 2.07 bits per heavy atom. The fourth-order valence-electron chi connectivity index (χ4n) is 2.89. The van der Waals surface area contributed by atoms with Gasteiger partial charge in [0.1, 0.15) is 6.04 Å². The molecule has 1 unspecified atom stereocenters. The number of carbonyl (C=O) groups is 3. The van der Waals surface area contributed by atoms with Gasteiger partial charge in [0.2, 0.25) is 11.8 Å². The third-order valence-electron chi connectivity index (χ3n) is 4.72. The molecule has 1 heterocycles. The molecule has 7 heteroatoms. The van der Waals surface area contributed by atoms with Gasteiger partial charge in [-0.3, -0.25) is 14.4 Å². The van der Waals surface area contributed by atoms with E-state index in [0.29, 0.717) is 19.7 Å². The number of nitrogens with one attached hydrogen (secondary N) is 2. The average Bonchev–Trinajstić information content (AvgIpc) is 2.64. The standard InChI is InChI=1S/C20H29N3O4/c1-4-5-10-27-19(25)12-17-20(26)21-8-9-23(17)18(24)13-22-16-7-6-14(2)15(3)11-16/h6-7,11,17,22H,4-5,8-10,12-13H2,1-3H3,(H,21,26). The molecule has 0 spiro atoms. The predicted octanol–water partition coefficient (Wildman–Crippen LogP) is 1.78. The first-order chi connectivity index (χ1) is 12.9. The van der Waals surface area contributed by atoms with Crippen LogP contribution in [0.4, 0.5) is 5.69 Å². The van der Waals surface area contributed by atoms with Gasteiger partial charge in [0, 0.05) is 18.8 Å². The molecule has 2 amide bonds. The molecule has 1 saturated heterocycles. The van der Waals surface area contributed by atoms with Crippen LogP contribution in [0.25, 0.3) is 0 Å². The monoisotopic (exact) mass is 375 g/mol. The van der Waals surface area contributed by atoms with Crippen LogP contribution in [-0.4, -0.2) is 55.0 Å². The van der Waals surface area contributed by atoms with Gasteiger partial charge in [-0.05, 0) is 43.5 Å². The molecular formula is C20H29N3O4. The molecule has 1 aromatic rings. The van der Waals surface area contributed by atoms with Crippen molar-refractivity contribution in [2.45, 2.75) is 46.1 Å². The highest BCUT2D eigenvalue weighted by molar-refractivity contribution is 5.93. The molecule has 1 atom stereocenters. The third kappa shape index (κ3) is 5.98. The fraction of sp³-hybridized carbons (Fsp3) is 0.550. The number of hydrogen-bond acceptors (Lipinski definition) is 5. The van der Waals surface area contributed by atoms with Crippen molar-refractivity contribution in [2.24, 2.45) is 0 Å². The van der Waals surface area contributed by atoms with E-state index in [4.69, 9.17) is 4.74 Å². The predicted molar refractivity (Wildman–Crippen MR) is 103 cm³/mol. The normalized spacial score (nSPS) is 16.6. The maximum absolute atomic E-state index is 12.7. The minimum absolute atomic E-state index is 0.0666. The number of nitrogens with zero attached hydrogens (tertiary/aromatic N) is 1. The third-order valence-corrected chi connectivity index (χ3v) is 4.72. The van der Waals surface area contributed by atoms with E-state index in [2.05, 4.69) is 10.6 Å². The molecule has 27 heavy (non-hydrogen) atoms. The molecule has 1 aromatic carbocycles. The van der Waals surface area contributed by atoms with Gasteiger partial charge in [-0.1, -0.05) is 19.4 Å². The van der Waals surface area contributed by atoms with Crippen LogP contribution in [0, 0.1) is 13.8 Å². The van der Waals surface area contributed by atoms with E-state index >= 15 is 0 Å². The quantitative estimate of drug-likeness (QED) is 0.534. The van der Waals surface area contributed by atoms with Crippen LogP contribution in [-0.2, 0) is 19.1 Å². The van der Waals surface area contributed by atoms with Crippen LogP contribution < -0.4 is 10.6 Å². The van der Waals surface area contributed by atoms with Gasteiger partial charge in [-0.15, -0.1) is 0 Å². The summed E-state index contributed by atoms with van der Waals surface area (Å²) >= 11 is 0. The second-order valence-corrected chi connectivity index (χ2v) is 6.82. The minimum atomic E-state index is -0.818. The number of benzene rings is 1. The number of unbranched alkanes of at least 4 members (excludes halogenated alkanes) is 1. The number of carbonyl (C=O) groups excluding carboxylic acids is 3. The second-order valence-electron chi connectivity index (χ2n) is 6.82. The van der Waals surface area contributed by atoms with E-state index in [0.717, 1.165) is 24.1 Å². The highest BCUT2D eigenvalue weighted by atomic mass is 16.5. The van der Waals surface area contributed by atoms with Crippen molar-refractivity contribution in [3.05, 3.63) is 29.3 Å². The molecule has 2 N–H and O–H groups in total. The highest BCUT2D eigenvalue weighted by Gasteiger charge is 2.34. The molecule has 0 aliphatic carbocycles. The topological polar surface area (TPSA) is 87.7 Å². The lowest BCUT2D eigenvalue weighted by Crippen LogP contribution is -2.58. The summed E-state index contributed by atoms with van der Waals surface area (Å²) in [5, 5.41) is 5.82. The van der Waals surface area contributed by atoms with Gasteiger partial charge in [0.25, 0.3) is 0 Å². The molecular weight excluding hydrogens is 346 g/mol. The lowest BCUT2D eigenvalue weighted by Gasteiger charge is -2.34. The summed E-state index contributed by atoms with van der Waals surface area (Å²) < 4.78 is 5.14. The lowest BCUT2D eigenvalue weighted by atomic mass is 10.1. The number of esters is 1. The molecule has 0 radical (unpaired) electrons. The molecule has 148 valence electrons. The van der Waals surface area contributed by atoms with Crippen molar-refractivity contribution in [1.29, 1.82) is 0 Å². The number of anilines is 1. The maximum atomic E-state index is 12.7. The smallest absolute Gasteiger partial charge is 0.308 e. The van der Waals surface area contributed by atoms with Crippen LogP contribution in [0.2, 0.25) is 0 Å². The molecule has 0 saturated carbocycles. The van der Waals surface area contributed by atoms with Gasteiger partial charge < -0.3 is 20.3 Å². The Bertz CT molecular complexity index is 690. The first kappa shape index (κ1) is 20.7. The number of aryl methyl sites for hydroxylation is 2. The van der Waals surface area contributed by atoms with Crippen molar-refractivity contribution in [2.75, 3.05) is 31.6 Å². The van der Waals surface area contributed by atoms with E-state index in [-0.39, 0.29) is 24.8 Å². The zero-order valence-electron chi connectivity index (χ0n) is 16.3. The minimum Gasteiger partial charge on any atom is -0.466 e. The number of ether oxygens (including phenoxy) is 1. The largest absolute Gasteiger partial charge is 0.466 e. The van der Waals surface area contributed by atoms with Crippen LogP contribution in [0.15, 0.2) is 18.2 Å². The number of amides is 2. The maximum Gasteiger partial charge on any atom is 0.308 e. The summed E-state index contributed by atoms with van der Waals surface area (Å²) in [7, 11) is 0. The van der Waals surface area contributed by atoms with Crippen molar-refractivity contribution in [1.82, 2.24) is 10.2 Å². The van der Waals surface area contributed by atoms with Gasteiger partial charge in [-0.25, -0.2) is 0 Å². The molecule has 0 bridgehead atoms. The molecule has 1 aliphatic rings. The number of rotatable bonds is 8. The summed E-state index contributed by atoms with van der Waals surface area (Å²) in [4.78, 5) is 38.3. The summed E-state index contributed by atoms with van der Waals surface area (Å²) in [6.45, 7) is 7.22. The Labute approximate surface area is 160 Å². The van der Waals surface area contributed by atoms with Crippen LogP contribution >= 0.6 is 0 Å². The Kier molecular flexibility index (Phi) is 7.64. The zero-order chi connectivity index (χ0) is 19.8. The second kappa shape index (κ2) is 9.94. The molecule has 7 nitrogen and oxygen atoms in total. The summed E-state index contributed by atoms with van der Waals surface area (Å²) in [5.41, 5.74) is 3.17. The molecule has 1 fully saturated rings. The number of piperazine rings is 1. The van der Waals surface area contributed by atoms with E-state index in [1.807, 2.05) is 39.0 Å². The zero-order valence-corrected chi connectivity index (χ0v) is 16.3. The van der Waals surface area contributed by atoms with Crippen molar-refractivity contribution in [3.63, 3.8) is 0 Å². The SMILES string of the molecule is CCCCOC(=O)CC1C(=O)NCCN1C(=O)CNc1ccc(C)c(C)c1. The fourth-order valence-corrected chi connectivity index (χ4v) is 2.89. The van der Waals surface area contributed by atoms with E-state index in [1.165, 1.54) is 10.5 Å². The van der Waals surface area contributed by atoms with Gasteiger partial charge in [0.15, 0.2) is 0 Å². The van der Waals surface area contributed by atoms with Crippen molar-refractivity contribution < 1.29 is 19.1 Å². The highest BCUT2D eigenvalue weighted by Crippen LogP contribution is 2.15. The summed E-state index contributed by atoms with van der Waals surface area (Å²) in [6, 6.07) is 5.07. The van der Waals surface area contributed by atoms with Crippen molar-refractivity contribution in [3.8, 4) is 0 Å². The van der Waals surface area contributed by atoms with Gasteiger partial charge in [0.05, 0.1) is 19.6 Å². The lowest BCUT2D eigenvalue weighted by molar-refractivity contribution is -0.151. The average molecular weight is 375 g/mol. The van der Waals surface area contributed by atoms with Crippen molar-refractivity contribution >= 4 is 23.5 Å². The van der Waals surface area contributed by atoms with Crippen LogP contribution in [0.5, 0.6) is 0 Å². The first-order valence-electron chi connectivity index (χ1n) is 9.46. The number of hydrogen-bond donors (Lipinski definition) is 2. The Balaban J connectivity index is 1.95. The molecule has 2 rings (SSSR count).